The molecule has 0 saturated carbocycles. The van der Waals surface area contributed by atoms with E-state index in [1.165, 1.54) is 0 Å². The Hall–Kier alpha value is -2.14. The molecule has 0 fully saturated rings. The summed E-state index contributed by atoms with van der Waals surface area (Å²) >= 11 is 0. The normalized spacial score (nSPS) is 11.4. The van der Waals surface area contributed by atoms with Gasteiger partial charge >= 0.3 is 0 Å². The Labute approximate surface area is 130 Å². The maximum Gasteiger partial charge on any atom is 0.220 e. The number of hydrogen-bond acceptors (Lipinski definition) is 4. The van der Waals surface area contributed by atoms with Gasteiger partial charge in [-0.15, -0.1) is 0 Å². The van der Waals surface area contributed by atoms with Crippen LogP contribution in [0.2, 0.25) is 0 Å². The molecular weight excluding hydrogens is 278 g/mol. The molecule has 1 aromatic carbocycles. The lowest BCUT2D eigenvalue weighted by Gasteiger charge is -2.18. The predicted octanol–water partition coefficient (Wildman–Crippen LogP) is 2.52. The van der Waals surface area contributed by atoms with Gasteiger partial charge in [-0.05, 0) is 20.3 Å². The number of hydrogen-bond donors (Lipinski definition) is 2. The fraction of sp³-hybridized carbons (Fsp3) is 0.412. The Morgan fingerprint density at radius 2 is 2.05 bits per heavy atom. The third-order valence-electron chi connectivity index (χ3n) is 3.15. The van der Waals surface area contributed by atoms with E-state index in [1.54, 1.807) is 6.20 Å². The molecule has 0 aliphatic heterocycles. The molecular formula is C17H23N3O2. The first-order valence-electron chi connectivity index (χ1n) is 7.50. The molecule has 0 bridgehead atoms. The first-order valence-corrected chi connectivity index (χ1v) is 7.50. The summed E-state index contributed by atoms with van der Waals surface area (Å²) in [6.07, 6.45) is 3.51. The number of benzene rings is 1. The summed E-state index contributed by atoms with van der Waals surface area (Å²) in [6, 6.07) is 9.84. The van der Waals surface area contributed by atoms with Crippen LogP contribution < -0.4 is 11.1 Å². The number of aryl methyl sites for hydroxylation is 1. The molecule has 1 amide bonds. The topological polar surface area (TPSA) is 81.1 Å². The number of carbonyl (C=O) groups excluding carboxylic acids is 1. The van der Waals surface area contributed by atoms with Crippen LogP contribution in [0.25, 0.3) is 11.3 Å². The molecule has 5 nitrogen and oxygen atoms in total. The van der Waals surface area contributed by atoms with Gasteiger partial charge in [-0.3, -0.25) is 4.79 Å². The van der Waals surface area contributed by atoms with E-state index in [4.69, 9.17) is 10.2 Å². The van der Waals surface area contributed by atoms with E-state index in [0.717, 1.165) is 11.3 Å². The number of amides is 1. The summed E-state index contributed by atoms with van der Waals surface area (Å²) in [4.78, 5) is 15.9. The number of aromatic nitrogens is 1. The number of nitrogens with two attached hydrogens (primary N) is 1. The first-order chi connectivity index (χ1) is 10.4. The zero-order chi connectivity index (χ0) is 16.0. The SMILES string of the molecule is CC(C)(N)CNC(=O)CCCc1ncc(-c2ccccc2)o1. The van der Waals surface area contributed by atoms with Gasteiger partial charge in [0.15, 0.2) is 11.7 Å². The van der Waals surface area contributed by atoms with E-state index in [-0.39, 0.29) is 11.4 Å². The Morgan fingerprint density at radius 3 is 2.73 bits per heavy atom. The highest BCUT2D eigenvalue weighted by Gasteiger charge is 2.12. The summed E-state index contributed by atoms with van der Waals surface area (Å²) in [5.74, 6) is 1.42. The van der Waals surface area contributed by atoms with E-state index in [1.807, 2.05) is 44.2 Å². The van der Waals surface area contributed by atoms with Crippen LogP contribution >= 0.6 is 0 Å². The summed E-state index contributed by atoms with van der Waals surface area (Å²) in [7, 11) is 0. The Balaban J connectivity index is 1.76. The molecule has 22 heavy (non-hydrogen) atoms. The molecule has 1 aromatic heterocycles. The lowest BCUT2D eigenvalue weighted by atomic mass is 10.1. The van der Waals surface area contributed by atoms with Crippen molar-refractivity contribution in [2.75, 3.05) is 6.54 Å². The highest BCUT2D eigenvalue weighted by atomic mass is 16.4. The smallest absolute Gasteiger partial charge is 0.220 e. The van der Waals surface area contributed by atoms with Crippen molar-refractivity contribution in [3.63, 3.8) is 0 Å². The van der Waals surface area contributed by atoms with Gasteiger partial charge in [-0.25, -0.2) is 4.98 Å². The Kier molecular flexibility index (Phi) is 5.33. The van der Waals surface area contributed by atoms with Gasteiger partial charge in [0.2, 0.25) is 5.91 Å². The fourth-order valence-corrected chi connectivity index (χ4v) is 1.98. The summed E-state index contributed by atoms with van der Waals surface area (Å²) in [6.45, 7) is 4.24. The molecule has 0 aliphatic rings. The zero-order valence-corrected chi connectivity index (χ0v) is 13.1. The minimum absolute atomic E-state index is 0.00774. The van der Waals surface area contributed by atoms with Gasteiger partial charge in [0, 0.05) is 30.5 Å². The lowest BCUT2D eigenvalue weighted by molar-refractivity contribution is -0.121. The number of nitrogens with one attached hydrogen (secondary N) is 1. The van der Waals surface area contributed by atoms with E-state index >= 15 is 0 Å². The standard InChI is InChI=1S/C17H23N3O2/c1-17(2,18)12-20-15(21)9-6-10-16-19-11-14(22-16)13-7-4-3-5-8-13/h3-5,7-8,11H,6,9-10,12,18H2,1-2H3,(H,20,21). The van der Waals surface area contributed by atoms with Crippen molar-refractivity contribution < 1.29 is 9.21 Å². The first kappa shape index (κ1) is 16.2. The van der Waals surface area contributed by atoms with Crippen molar-refractivity contribution in [1.29, 1.82) is 0 Å². The molecule has 3 N–H and O–H groups in total. The molecule has 0 aliphatic carbocycles. The second-order valence-electron chi connectivity index (χ2n) is 6.10. The molecule has 0 saturated heterocycles. The average molecular weight is 301 g/mol. The second-order valence-corrected chi connectivity index (χ2v) is 6.10. The third-order valence-corrected chi connectivity index (χ3v) is 3.15. The quantitative estimate of drug-likeness (QED) is 0.823. The van der Waals surface area contributed by atoms with Crippen LogP contribution in [0.4, 0.5) is 0 Å². The van der Waals surface area contributed by atoms with Gasteiger partial charge in [0.25, 0.3) is 0 Å². The van der Waals surface area contributed by atoms with Crippen molar-refractivity contribution in [2.24, 2.45) is 5.73 Å². The Morgan fingerprint density at radius 1 is 1.32 bits per heavy atom. The molecule has 0 radical (unpaired) electrons. The monoisotopic (exact) mass is 301 g/mol. The van der Waals surface area contributed by atoms with Crippen LogP contribution in [-0.2, 0) is 11.2 Å². The van der Waals surface area contributed by atoms with Crippen molar-refractivity contribution in [3.8, 4) is 11.3 Å². The van der Waals surface area contributed by atoms with Gasteiger partial charge in [-0.2, -0.15) is 0 Å². The molecule has 0 spiro atoms. The van der Waals surface area contributed by atoms with Crippen LogP contribution in [0.3, 0.4) is 0 Å². The molecule has 1 heterocycles. The zero-order valence-electron chi connectivity index (χ0n) is 13.1. The molecule has 118 valence electrons. The van der Waals surface area contributed by atoms with Crippen LogP contribution in [0.5, 0.6) is 0 Å². The van der Waals surface area contributed by atoms with Crippen molar-refractivity contribution in [1.82, 2.24) is 10.3 Å². The minimum Gasteiger partial charge on any atom is -0.441 e. The molecule has 0 unspecified atom stereocenters. The second kappa shape index (κ2) is 7.22. The summed E-state index contributed by atoms with van der Waals surface area (Å²) in [5.41, 5.74) is 6.44. The molecule has 2 aromatic rings. The predicted molar refractivity (Wildman–Crippen MR) is 86.2 cm³/mol. The summed E-state index contributed by atoms with van der Waals surface area (Å²) < 4.78 is 5.70. The highest BCUT2D eigenvalue weighted by molar-refractivity contribution is 5.75. The Bertz CT molecular complexity index is 600. The maximum atomic E-state index is 11.7. The van der Waals surface area contributed by atoms with Gasteiger partial charge < -0.3 is 15.5 Å². The maximum absolute atomic E-state index is 11.7. The van der Waals surface area contributed by atoms with Crippen molar-refractivity contribution in [3.05, 3.63) is 42.4 Å². The van der Waals surface area contributed by atoms with E-state index in [2.05, 4.69) is 10.3 Å². The molecule has 2 rings (SSSR count). The number of carbonyl (C=O) groups is 1. The number of rotatable bonds is 7. The fourth-order valence-electron chi connectivity index (χ4n) is 1.98. The average Bonchev–Trinajstić information content (AvgIpc) is 2.94. The third kappa shape index (κ3) is 5.33. The van der Waals surface area contributed by atoms with Crippen LogP contribution in [-0.4, -0.2) is 23.0 Å². The van der Waals surface area contributed by atoms with Crippen molar-refractivity contribution in [2.45, 2.75) is 38.6 Å². The lowest BCUT2D eigenvalue weighted by Crippen LogP contribution is -2.45. The van der Waals surface area contributed by atoms with E-state index in [9.17, 15) is 4.79 Å². The van der Waals surface area contributed by atoms with Gasteiger partial charge in [0.05, 0.1) is 6.20 Å². The highest BCUT2D eigenvalue weighted by Crippen LogP contribution is 2.20. The minimum atomic E-state index is -0.386. The number of nitrogens with zero attached hydrogens (tertiary/aromatic N) is 1. The van der Waals surface area contributed by atoms with E-state index < -0.39 is 0 Å². The molecule has 5 heteroatoms. The van der Waals surface area contributed by atoms with Gasteiger partial charge in [-0.1, -0.05) is 30.3 Å². The van der Waals surface area contributed by atoms with Crippen LogP contribution in [0.15, 0.2) is 40.9 Å². The van der Waals surface area contributed by atoms with E-state index in [0.29, 0.717) is 31.7 Å². The van der Waals surface area contributed by atoms with Crippen molar-refractivity contribution >= 4 is 5.91 Å². The molecule has 0 atom stereocenters. The largest absolute Gasteiger partial charge is 0.441 e. The van der Waals surface area contributed by atoms with Crippen LogP contribution in [0, 0.1) is 0 Å². The van der Waals surface area contributed by atoms with Gasteiger partial charge in [0.1, 0.15) is 0 Å². The summed E-state index contributed by atoms with van der Waals surface area (Å²) in [5, 5.41) is 2.82. The van der Waals surface area contributed by atoms with Crippen LogP contribution in [0.1, 0.15) is 32.6 Å². The number of oxazole rings is 1.